The van der Waals surface area contributed by atoms with E-state index in [0.717, 1.165) is 5.56 Å². The number of hydrogen-bond donors (Lipinski definition) is 3. The first-order valence-corrected chi connectivity index (χ1v) is 13.7. The van der Waals surface area contributed by atoms with Crippen molar-refractivity contribution in [3.8, 4) is 0 Å². The summed E-state index contributed by atoms with van der Waals surface area (Å²) < 4.78 is 5.48. The number of benzene rings is 1. The summed E-state index contributed by atoms with van der Waals surface area (Å²) in [5.74, 6) is -0.662. The number of halogens is 3. The van der Waals surface area contributed by atoms with Gasteiger partial charge in [0.1, 0.15) is 10.7 Å². The van der Waals surface area contributed by atoms with Gasteiger partial charge in [0.15, 0.2) is 0 Å². The van der Waals surface area contributed by atoms with Gasteiger partial charge in [0.2, 0.25) is 0 Å². The number of rotatable bonds is 9. The number of aliphatic hydroxyl groups is 1. The van der Waals surface area contributed by atoms with Crippen molar-refractivity contribution < 1.29 is 19.4 Å². The number of thiophene rings is 1. The maximum absolute atomic E-state index is 13.5. The Hall–Kier alpha value is -2.44. The summed E-state index contributed by atoms with van der Waals surface area (Å²) in [5, 5.41) is 17.7. The second kappa shape index (κ2) is 13.1. The molecule has 1 aliphatic heterocycles. The first-order chi connectivity index (χ1) is 18.3. The molecule has 0 unspecified atom stereocenters. The molecule has 13 heteroatoms. The third-order valence-electron chi connectivity index (χ3n) is 5.81. The van der Waals surface area contributed by atoms with E-state index in [1.807, 2.05) is 22.2 Å². The zero-order valence-electron chi connectivity index (χ0n) is 20.5. The summed E-state index contributed by atoms with van der Waals surface area (Å²) in [5.41, 5.74) is 1.84. The van der Waals surface area contributed by atoms with Crippen molar-refractivity contribution in [2.75, 3.05) is 62.0 Å². The lowest BCUT2D eigenvalue weighted by Gasteiger charge is -2.31. The maximum Gasteiger partial charge on any atom is 0.267 e. The van der Waals surface area contributed by atoms with Crippen LogP contribution in [0, 0.1) is 0 Å². The van der Waals surface area contributed by atoms with Crippen LogP contribution >= 0.6 is 46.1 Å². The molecule has 1 aliphatic rings. The number of anilines is 3. The van der Waals surface area contributed by atoms with Crippen molar-refractivity contribution in [3.63, 3.8) is 0 Å². The zero-order valence-corrected chi connectivity index (χ0v) is 23.6. The molecule has 2 amide bonds. The van der Waals surface area contributed by atoms with E-state index in [9.17, 15) is 14.7 Å². The second-order valence-corrected chi connectivity index (χ2v) is 10.7. The van der Waals surface area contributed by atoms with E-state index < -0.39 is 11.8 Å². The highest BCUT2D eigenvalue weighted by atomic mass is 35.5. The number of nitrogens with one attached hydrogen (secondary N) is 2. The zero-order chi connectivity index (χ0) is 27.2. The first-order valence-electron chi connectivity index (χ1n) is 11.7. The van der Waals surface area contributed by atoms with E-state index in [2.05, 4.69) is 15.6 Å². The van der Waals surface area contributed by atoms with Gasteiger partial charge in [-0.1, -0.05) is 34.8 Å². The Balaban J connectivity index is 1.68. The molecule has 0 spiro atoms. The molecule has 3 heterocycles. The third-order valence-corrected chi connectivity index (χ3v) is 7.83. The van der Waals surface area contributed by atoms with Gasteiger partial charge in [0.25, 0.3) is 11.8 Å². The van der Waals surface area contributed by atoms with Gasteiger partial charge in [-0.3, -0.25) is 14.5 Å². The van der Waals surface area contributed by atoms with Gasteiger partial charge in [-0.15, -0.1) is 11.3 Å². The number of hydrogen-bond acceptors (Lipinski definition) is 8. The monoisotopic (exact) mass is 597 g/mol. The number of likely N-dealkylation sites (N-methyl/N-ethyl adjacent to an activating group) is 1. The predicted octanol–water partition coefficient (Wildman–Crippen LogP) is 4.87. The smallest absolute Gasteiger partial charge is 0.267 e. The Morgan fingerprint density at radius 1 is 1.13 bits per heavy atom. The average molecular weight is 599 g/mol. The van der Waals surface area contributed by atoms with Gasteiger partial charge >= 0.3 is 0 Å². The number of carbonyl (C=O) groups is 2. The van der Waals surface area contributed by atoms with Crippen LogP contribution < -0.4 is 15.5 Å². The van der Waals surface area contributed by atoms with E-state index in [-0.39, 0.29) is 12.2 Å². The molecule has 9 nitrogen and oxygen atoms in total. The van der Waals surface area contributed by atoms with Crippen LogP contribution in [0.25, 0.3) is 0 Å². The lowest BCUT2D eigenvalue weighted by atomic mass is 10.1. The summed E-state index contributed by atoms with van der Waals surface area (Å²) in [6, 6.07) is 6.40. The molecule has 0 radical (unpaired) electrons. The Morgan fingerprint density at radius 2 is 1.89 bits per heavy atom. The van der Waals surface area contributed by atoms with Gasteiger partial charge < -0.3 is 25.4 Å². The SMILES string of the molecule is CN(CCO)Cc1csc(C(=O)Nc2c(C(=O)Nc3ccc(Cl)cn3)cc(Cl)cc2N2CCOCC2)c1Cl. The average Bonchev–Trinajstić information content (AvgIpc) is 3.26. The molecule has 1 saturated heterocycles. The molecule has 0 saturated carbocycles. The molecule has 1 fully saturated rings. The molecule has 38 heavy (non-hydrogen) atoms. The summed E-state index contributed by atoms with van der Waals surface area (Å²) in [6.45, 7) is 3.08. The van der Waals surface area contributed by atoms with E-state index in [1.54, 1.807) is 18.2 Å². The molecule has 0 aliphatic carbocycles. The number of aromatic nitrogens is 1. The van der Waals surface area contributed by atoms with Gasteiger partial charge in [0.05, 0.1) is 46.8 Å². The predicted molar refractivity (Wildman–Crippen MR) is 152 cm³/mol. The molecule has 2 aromatic heterocycles. The van der Waals surface area contributed by atoms with Crippen molar-refractivity contribution in [1.82, 2.24) is 9.88 Å². The second-order valence-electron chi connectivity index (χ2n) is 8.58. The topological polar surface area (TPSA) is 107 Å². The molecule has 3 N–H and O–H groups in total. The molecule has 3 aromatic rings. The number of carbonyl (C=O) groups excluding carboxylic acids is 2. The normalized spacial score (nSPS) is 13.6. The minimum absolute atomic E-state index is 0.0167. The Labute approximate surface area is 239 Å². The lowest BCUT2D eigenvalue weighted by molar-refractivity contribution is 0.102. The fraction of sp³-hybridized carbons (Fsp3) is 0.320. The fourth-order valence-electron chi connectivity index (χ4n) is 3.94. The van der Waals surface area contributed by atoms with Crippen LogP contribution in [0.4, 0.5) is 17.2 Å². The van der Waals surface area contributed by atoms with E-state index in [1.165, 1.54) is 23.6 Å². The summed E-state index contributed by atoms with van der Waals surface area (Å²) in [4.78, 5) is 35.2. The number of morpholine rings is 1. The van der Waals surface area contributed by atoms with Crippen LogP contribution in [0.2, 0.25) is 15.1 Å². The van der Waals surface area contributed by atoms with Crippen molar-refractivity contribution in [2.45, 2.75) is 6.54 Å². The number of aliphatic hydroxyl groups excluding tert-OH is 1. The van der Waals surface area contributed by atoms with Crippen LogP contribution in [0.15, 0.2) is 35.8 Å². The minimum atomic E-state index is -0.504. The molecule has 4 rings (SSSR count). The molecular formula is C25H26Cl3N5O4S. The van der Waals surface area contributed by atoms with Crippen LogP contribution in [0.3, 0.4) is 0 Å². The molecule has 1 aromatic carbocycles. The number of ether oxygens (including phenoxy) is 1. The molecule has 0 bridgehead atoms. The number of pyridine rings is 1. The van der Waals surface area contributed by atoms with E-state index >= 15 is 0 Å². The maximum atomic E-state index is 13.5. The van der Waals surface area contributed by atoms with Crippen LogP contribution in [-0.2, 0) is 11.3 Å². The number of amides is 2. The van der Waals surface area contributed by atoms with Crippen molar-refractivity contribution in [2.24, 2.45) is 0 Å². The van der Waals surface area contributed by atoms with Gasteiger partial charge in [0, 0.05) is 37.4 Å². The highest BCUT2D eigenvalue weighted by Gasteiger charge is 2.26. The standard InChI is InChI=1S/C25H26Cl3N5O4S/c1-32(4-7-34)13-15-14-38-23(21(15)28)25(36)31-22-18(24(35)30-20-3-2-16(26)12-29-20)10-17(27)11-19(22)33-5-8-37-9-6-33/h2-3,10-12,14,34H,4-9,13H2,1H3,(H,31,36)(H,29,30,35). The summed E-state index contributed by atoms with van der Waals surface area (Å²) in [7, 11) is 1.85. The first kappa shape index (κ1) is 28.6. The van der Waals surface area contributed by atoms with Crippen LogP contribution in [0.1, 0.15) is 25.6 Å². The highest BCUT2D eigenvalue weighted by Crippen LogP contribution is 2.36. The van der Waals surface area contributed by atoms with E-state index in [4.69, 9.17) is 39.5 Å². The lowest BCUT2D eigenvalue weighted by Crippen LogP contribution is -2.37. The highest BCUT2D eigenvalue weighted by molar-refractivity contribution is 7.13. The quantitative estimate of drug-likeness (QED) is 0.323. The van der Waals surface area contributed by atoms with Gasteiger partial charge in [-0.05, 0) is 42.3 Å². The molecule has 202 valence electrons. The third kappa shape index (κ3) is 6.95. The largest absolute Gasteiger partial charge is 0.395 e. The molecular weight excluding hydrogens is 573 g/mol. The van der Waals surface area contributed by atoms with Crippen molar-refractivity contribution in [3.05, 3.63) is 66.9 Å². The van der Waals surface area contributed by atoms with Gasteiger partial charge in [-0.25, -0.2) is 4.98 Å². The Bertz CT molecular complexity index is 1300. The van der Waals surface area contributed by atoms with Crippen LogP contribution in [0.5, 0.6) is 0 Å². The minimum Gasteiger partial charge on any atom is -0.395 e. The van der Waals surface area contributed by atoms with Gasteiger partial charge in [-0.2, -0.15) is 0 Å². The molecule has 0 atom stereocenters. The Kier molecular flexibility index (Phi) is 9.83. The van der Waals surface area contributed by atoms with Crippen molar-refractivity contribution in [1.29, 1.82) is 0 Å². The van der Waals surface area contributed by atoms with E-state index in [0.29, 0.717) is 76.5 Å². The fourth-order valence-corrected chi connectivity index (χ4v) is 5.51. The number of nitrogens with zero attached hydrogens (tertiary/aromatic N) is 3. The summed E-state index contributed by atoms with van der Waals surface area (Å²) in [6.07, 6.45) is 1.42. The van der Waals surface area contributed by atoms with Crippen LogP contribution in [-0.4, -0.2) is 73.3 Å². The summed E-state index contributed by atoms with van der Waals surface area (Å²) >= 11 is 20.1. The Morgan fingerprint density at radius 3 is 2.58 bits per heavy atom. The van der Waals surface area contributed by atoms with Crippen molar-refractivity contribution >= 4 is 75.1 Å².